The van der Waals surface area contributed by atoms with Crippen LogP contribution in [-0.2, 0) is 14.3 Å². The molecule has 0 atom stereocenters. The summed E-state index contributed by atoms with van der Waals surface area (Å²) in [5, 5.41) is 2.94. The highest BCUT2D eigenvalue weighted by Crippen LogP contribution is 2.04. The van der Waals surface area contributed by atoms with Gasteiger partial charge in [0, 0.05) is 45.8 Å². The standard InChI is InChI=1S/C16H30N4O3/c1-14(2)11-17-15(21)12-18-3-5-20(6-4-18)16(22)13-19-7-9-23-10-8-19/h14H,3-13H2,1-2H3,(H,17,21). The number of amides is 2. The smallest absolute Gasteiger partial charge is 0.236 e. The van der Waals surface area contributed by atoms with Crippen LogP contribution in [0.2, 0.25) is 0 Å². The third-order valence-electron chi connectivity index (χ3n) is 4.26. The molecule has 1 N–H and O–H groups in total. The van der Waals surface area contributed by atoms with E-state index < -0.39 is 0 Å². The van der Waals surface area contributed by atoms with E-state index in [1.165, 1.54) is 0 Å². The number of nitrogens with one attached hydrogen (secondary N) is 1. The van der Waals surface area contributed by atoms with E-state index in [-0.39, 0.29) is 11.8 Å². The van der Waals surface area contributed by atoms with Gasteiger partial charge >= 0.3 is 0 Å². The van der Waals surface area contributed by atoms with E-state index >= 15 is 0 Å². The summed E-state index contributed by atoms with van der Waals surface area (Å²) < 4.78 is 5.30. The number of hydrogen-bond acceptors (Lipinski definition) is 5. The number of morpholine rings is 1. The van der Waals surface area contributed by atoms with Crippen LogP contribution in [0.25, 0.3) is 0 Å². The summed E-state index contributed by atoms with van der Waals surface area (Å²) in [4.78, 5) is 30.3. The lowest BCUT2D eigenvalue weighted by molar-refractivity contribution is -0.135. The van der Waals surface area contributed by atoms with Gasteiger partial charge in [-0.3, -0.25) is 19.4 Å². The minimum absolute atomic E-state index is 0.0757. The van der Waals surface area contributed by atoms with Gasteiger partial charge in [0.25, 0.3) is 0 Å². The predicted molar refractivity (Wildman–Crippen MR) is 88.1 cm³/mol. The van der Waals surface area contributed by atoms with E-state index in [1.807, 2.05) is 4.90 Å². The van der Waals surface area contributed by atoms with E-state index in [0.29, 0.717) is 45.3 Å². The number of ether oxygens (including phenoxy) is 1. The van der Waals surface area contributed by atoms with Crippen molar-refractivity contribution in [3.05, 3.63) is 0 Å². The molecule has 2 amide bonds. The molecule has 7 nitrogen and oxygen atoms in total. The first-order chi connectivity index (χ1) is 11.0. The maximum atomic E-state index is 12.3. The topological polar surface area (TPSA) is 65.1 Å². The van der Waals surface area contributed by atoms with Crippen molar-refractivity contribution in [2.75, 3.05) is 72.1 Å². The van der Waals surface area contributed by atoms with Crippen molar-refractivity contribution in [3.8, 4) is 0 Å². The fourth-order valence-electron chi connectivity index (χ4n) is 2.78. The second kappa shape index (κ2) is 9.20. The molecule has 2 saturated heterocycles. The minimum Gasteiger partial charge on any atom is -0.379 e. The fraction of sp³-hybridized carbons (Fsp3) is 0.875. The summed E-state index contributed by atoms with van der Waals surface area (Å²) in [6.07, 6.45) is 0. The summed E-state index contributed by atoms with van der Waals surface area (Å²) >= 11 is 0. The predicted octanol–water partition coefficient (Wildman–Crippen LogP) is -0.765. The van der Waals surface area contributed by atoms with Crippen LogP contribution in [0.3, 0.4) is 0 Å². The lowest BCUT2D eigenvalue weighted by atomic mass is 10.2. The molecule has 0 bridgehead atoms. The second-order valence-electron chi connectivity index (χ2n) is 6.74. The molecule has 0 aromatic heterocycles. The van der Waals surface area contributed by atoms with Crippen LogP contribution in [0, 0.1) is 5.92 Å². The van der Waals surface area contributed by atoms with Crippen LogP contribution in [0.15, 0.2) is 0 Å². The van der Waals surface area contributed by atoms with E-state index in [4.69, 9.17) is 4.74 Å². The van der Waals surface area contributed by atoms with Gasteiger partial charge in [0.1, 0.15) is 0 Å². The molecule has 0 aliphatic carbocycles. The van der Waals surface area contributed by atoms with Crippen molar-refractivity contribution in [1.82, 2.24) is 20.0 Å². The first kappa shape index (κ1) is 18.2. The Morgan fingerprint density at radius 1 is 0.957 bits per heavy atom. The van der Waals surface area contributed by atoms with Crippen molar-refractivity contribution in [1.29, 1.82) is 0 Å². The lowest BCUT2D eigenvalue weighted by Gasteiger charge is -2.36. The van der Waals surface area contributed by atoms with E-state index in [9.17, 15) is 9.59 Å². The van der Waals surface area contributed by atoms with Gasteiger partial charge in [-0.2, -0.15) is 0 Å². The highest BCUT2D eigenvalue weighted by atomic mass is 16.5. The Morgan fingerprint density at radius 2 is 1.57 bits per heavy atom. The molecular formula is C16H30N4O3. The Hall–Kier alpha value is -1.18. The summed E-state index contributed by atoms with van der Waals surface area (Å²) in [6.45, 7) is 11.9. The fourth-order valence-corrected chi connectivity index (χ4v) is 2.78. The van der Waals surface area contributed by atoms with Crippen molar-refractivity contribution in [3.63, 3.8) is 0 Å². The first-order valence-corrected chi connectivity index (χ1v) is 8.61. The van der Waals surface area contributed by atoms with Gasteiger partial charge in [0.15, 0.2) is 0 Å². The third-order valence-corrected chi connectivity index (χ3v) is 4.26. The highest BCUT2D eigenvalue weighted by Gasteiger charge is 2.24. The maximum absolute atomic E-state index is 12.3. The van der Waals surface area contributed by atoms with E-state index in [1.54, 1.807) is 0 Å². The lowest BCUT2D eigenvalue weighted by Crippen LogP contribution is -2.53. The molecule has 0 radical (unpaired) electrons. The first-order valence-electron chi connectivity index (χ1n) is 8.61. The molecular weight excluding hydrogens is 296 g/mol. The average molecular weight is 326 g/mol. The zero-order chi connectivity index (χ0) is 16.7. The van der Waals surface area contributed by atoms with Crippen LogP contribution in [0.5, 0.6) is 0 Å². The average Bonchev–Trinajstić information content (AvgIpc) is 2.54. The number of carbonyl (C=O) groups is 2. The van der Waals surface area contributed by atoms with Crippen LogP contribution in [0.1, 0.15) is 13.8 Å². The molecule has 2 aliphatic rings. The molecule has 0 aromatic rings. The van der Waals surface area contributed by atoms with Gasteiger partial charge in [0.2, 0.25) is 11.8 Å². The Bertz CT molecular complexity index is 389. The Balaban J connectivity index is 1.64. The Labute approximate surface area is 138 Å². The SMILES string of the molecule is CC(C)CNC(=O)CN1CCN(C(=O)CN2CCOCC2)CC1. The molecule has 0 spiro atoms. The second-order valence-corrected chi connectivity index (χ2v) is 6.74. The van der Waals surface area contributed by atoms with E-state index in [0.717, 1.165) is 32.7 Å². The Morgan fingerprint density at radius 3 is 2.17 bits per heavy atom. The molecule has 2 fully saturated rings. The van der Waals surface area contributed by atoms with Crippen molar-refractivity contribution < 1.29 is 14.3 Å². The van der Waals surface area contributed by atoms with Gasteiger partial charge in [-0.05, 0) is 5.92 Å². The van der Waals surface area contributed by atoms with Crippen LogP contribution < -0.4 is 5.32 Å². The van der Waals surface area contributed by atoms with Crippen molar-refractivity contribution >= 4 is 11.8 Å². The number of carbonyl (C=O) groups excluding carboxylic acids is 2. The summed E-state index contributed by atoms with van der Waals surface area (Å²) in [5.41, 5.74) is 0. The number of hydrogen-bond donors (Lipinski definition) is 1. The third kappa shape index (κ3) is 6.45. The van der Waals surface area contributed by atoms with Crippen LogP contribution in [-0.4, -0.2) is 98.6 Å². The molecule has 23 heavy (non-hydrogen) atoms. The summed E-state index contributed by atoms with van der Waals surface area (Å²) in [5.74, 6) is 0.733. The number of rotatable bonds is 6. The summed E-state index contributed by atoms with van der Waals surface area (Å²) in [7, 11) is 0. The Kier molecular flexibility index (Phi) is 7.26. The molecule has 0 aromatic carbocycles. The minimum atomic E-state index is 0.0757. The molecule has 7 heteroatoms. The maximum Gasteiger partial charge on any atom is 0.236 e. The van der Waals surface area contributed by atoms with Crippen molar-refractivity contribution in [2.45, 2.75) is 13.8 Å². The molecule has 0 unspecified atom stereocenters. The number of piperazine rings is 1. The normalized spacial score (nSPS) is 20.7. The van der Waals surface area contributed by atoms with Gasteiger partial charge < -0.3 is 15.0 Å². The summed E-state index contributed by atoms with van der Waals surface area (Å²) in [6, 6.07) is 0. The van der Waals surface area contributed by atoms with Crippen LogP contribution in [0.4, 0.5) is 0 Å². The van der Waals surface area contributed by atoms with Gasteiger partial charge in [-0.25, -0.2) is 0 Å². The van der Waals surface area contributed by atoms with Gasteiger partial charge in [-0.15, -0.1) is 0 Å². The highest BCUT2D eigenvalue weighted by molar-refractivity contribution is 5.79. The molecule has 2 rings (SSSR count). The molecule has 2 aliphatic heterocycles. The quantitative estimate of drug-likeness (QED) is 0.695. The molecule has 132 valence electrons. The molecule has 0 saturated carbocycles. The van der Waals surface area contributed by atoms with Gasteiger partial charge in [0.05, 0.1) is 26.3 Å². The van der Waals surface area contributed by atoms with Gasteiger partial charge in [-0.1, -0.05) is 13.8 Å². The zero-order valence-corrected chi connectivity index (χ0v) is 14.4. The monoisotopic (exact) mass is 326 g/mol. The van der Waals surface area contributed by atoms with E-state index in [2.05, 4.69) is 29.0 Å². The van der Waals surface area contributed by atoms with Crippen molar-refractivity contribution in [2.24, 2.45) is 5.92 Å². The molecule has 2 heterocycles. The number of nitrogens with zero attached hydrogens (tertiary/aromatic N) is 3. The zero-order valence-electron chi connectivity index (χ0n) is 14.4. The largest absolute Gasteiger partial charge is 0.379 e. The van der Waals surface area contributed by atoms with Crippen LogP contribution >= 0.6 is 0 Å².